The van der Waals surface area contributed by atoms with Gasteiger partial charge < -0.3 is 0 Å². The summed E-state index contributed by atoms with van der Waals surface area (Å²) in [4.78, 5) is 24.9. The molecule has 0 aliphatic heterocycles. The molecule has 0 saturated heterocycles. The van der Waals surface area contributed by atoms with Gasteiger partial charge in [-0.15, -0.1) is 0 Å². The van der Waals surface area contributed by atoms with Crippen molar-refractivity contribution in [2.24, 2.45) is 0 Å². The molecule has 0 amide bonds. The second-order valence-electron chi connectivity index (χ2n) is 17.2. The van der Waals surface area contributed by atoms with Crippen molar-refractivity contribution in [1.29, 1.82) is 0 Å². The van der Waals surface area contributed by atoms with E-state index in [2.05, 4.69) is 177 Å². The van der Waals surface area contributed by atoms with E-state index in [1.54, 1.807) is 0 Å². The van der Waals surface area contributed by atoms with Gasteiger partial charge in [-0.2, -0.15) is 0 Å². The van der Waals surface area contributed by atoms with Crippen molar-refractivity contribution in [1.82, 2.24) is 0 Å². The number of carbonyl (C=O) groups is 2. The molecular formula is C52H60Br2O4P2. The third-order valence-electron chi connectivity index (χ3n) is 10.5. The zero-order valence-corrected chi connectivity index (χ0v) is 40.8. The molecule has 0 N–H and O–H groups in total. The number of esters is 2. The van der Waals surface area contributed by atoms with Crippen molar-refractivity contribution in [2.45, 2.75) is 78.4 Å². The monoisotopic (exact) mass is 968 g/mol. The average molecular weight is 971 g/mol. The summed E-state index contributed by atoms with van der Waals surface area (Å²) in [7, 11) is 0. The third kappa shape index (κ3) is 10.9. The summed E-state index contributed by atoms with van der Waals surface area (Å²) in [5.41, 5.74) is -0.926. The van der Waals surface area contributed by atoms with Crippen LogP contribution in [-0.2, 0) is 19.1 Å². The van der Waals surface area contributed by atoms with Gasteiger partial charge in [-0.05, 0) is 0 Å². The summed E-state index contributed by atoms with van der Waals surface area (Å²) in [5.74, 6) is -0.288. The Labute approximate surface area is 374 Å². The quantitative estimate of drug-likeness (QED) is 0.0806. The molecule has 0 unspecified atom stereocenters. The number of halogens is 2. The van der Waals surface area contributed by atoms with Crippen LogP contribution in [0.1, 0.15) is 67.2 Å². The van der Waals surface area contributed by atoms with Crippen LogP contribution in [0.2, 0.25) is 0 Å². The molecule has 0 bridgehead atoms. The fourth-order valence-electron chi connectivity index (χ4n) is 7.93. The summed E-state index contributed by atoms with van der Waals surface area (Å²) >= 11 is 8.82. The molecule has 0 spiro atoms. The molecule has 0 saturated carbocycles. The normalized spacial score (nSPS) is 13.3. The topological polar surface area (TPSA) is 52.6 Å². The Kier molecular flexibility index (Phi) is 15.6. The molecule has 0 fully saturated rings. The Bertz CT molecular complexity index is 1900. The molecule has 0 aliphatic rings. The van der Waals surface area contributed by atoms with E-state index >= 15 is 0 Å². The predicted molar refractivity (Wildman–Crippen MR) is 268 cm³/mol. The van der Waals surface area contributed by atoms with Crippen LogP contribution in [0.5, 0.6) is 0 Å². The standard InChI is InChI=1S/2C26H30BrO2P/c2*1-26(2,3)29-25(28)20-13-21-30(27,22-14-7-4-8-15-22,23-16-9-5-10-17-23)24-18-11-6-12-19-24/h2*4-12,14-19H,13,20-21H2,1-3H3. The number of rotatable bonds is 14. The zero-order chi connectivity index (χ0) is 43.4. The molecule has 4 nitrogen and oxygen atoms in total. The van der Waals surface area contributed by atoms with Crippen molar-refractivity contribution in [3.8, 4) is 0 Å². The molecule has 316 valence electrons. The Balaban J connectivity index is 0.000000228. The van der Waals surface area contributed by atoms with Crippen LogP contribution >= 0.6 is 41.6 Å². The van der Waals surface area contributed by atoms with E-state index in [-0.39, 0.29) is 11.9 Å². The summed E-state index contributed by atoms with van der Waals surface area (Å²) in [6.45, 7) is 11.5. The number of ether oxygens (including phenoxy) is 2. The molecule has 0 atom stereocenters. The van der Waals surface area contributed by atoms with Gasteiger partial charge in [0.1, 0.15) is 0 Å². The Hall–Kier alpha value is -3.92. The summed E-state index contributed by atoms with van der Waals surface area (Å²) < 4.78 is 11.1. The van der Waals surface area contributed by atoms with Gasteiger partial charge in [0.15, 0.2) is 0 Å². The maximum atomic E-state index is 12.4. The van der Waals surface area contributed by atoms with E-state index in [0.29, 0.717) is 12.8 Å². The van der Waals surface area contributed by atoms with Crippen LogP contribution in [0.15, 0.2) is 182 Å². The Morgan fingerprint density at radius 3 is 0.733 bits per heavy atom. The van der Waals surface area contributed by atoms with E-state index in [9.17, 15) is 9.59 Å². The van der Waals surface area contributed by atoms with Crippen molar-refractivity contribution in [3.05, 3.63) is 182 Å². The van der Waals surface area contributed by atoms with Gasteiger partial charge in [0.2, 0.25) is 0 Å². The number of hydrogen-bond donors (Lipinski definition) is 0. The number of carbonyl (C=O) groups excluding carboxylic acids is 2. The van der Waals surface area contributed by atoms with Gasteiger partial charge in [0, 0.05) is 0 Å². The first-order valence-corrected chi connectivity index (χ1v) is 29.6. The molecule has 8 heteroatoms. The van der Waals surface area contributed by atoms with Crippen LogP contribution in [0, 0.1) is 0 Å². The minimum atomic E-state index is -2.96. The van der Waals surface area contributed by atoms with Crippen LogP contribution in [0.25, 0.3) is 0 Å². The predicted octanol–water partition coefficient (Wildman–Crippen LogP) is 11.9. The molecule has 0 radical (unpaired) electrons. The van der Waals surface area contributed by atoms with Crippen molar-refractivity contribution in [3.63, 3.8) is 0 Å². The van der Waals surface area contributed by atoms with E-state index in [1.807, 2.05) is 77.9 Å². The molecule has 0 aromatic heterocycles. The van der Waals surface area contributed by atoms with Crippen LogP contribution in [-0.4, -0.2) is 35.5 Å². The molecular weight excluding hydrogens is 910 g/mol. The van der Waals surface area contributed by atoms with Crippen LogP contribution < -0.4 is 31.8 Å². The first kappa shape index (κ1) is 47.1. The number of hydrogen-bond acceptors (Lipinski definition) is 4. The van der Waals surface area contributed by atoms with Crippen LogP contribution in [0.3, 0.4) is 0 Å². The first-order chi connectivity index (χ1) is 28.5. The maximum absolute atomic E-state index is 12.4. The average Bonchev–Trinajstić information content (AvgIpc) is 3.24. The third-order valence-corrected chi connectivity index (χ3v) is 30.6. The van der Waals surface area contributed by atoms with Gasteiger partial charge >= 0.3 is 377 Å². The summed E-state index contributed by atoms with van der Waals surface area (Å²) in [6.07, 6.45) is 3.93. The minimum absolute atomic E-state index is 0.144. The fourth-order valence-corrected chi connectivity index (χ4v) is 23.3. The second kappa shape index (κ2) is 19.9. The SMILES string of the molecule is CC(C)(C)OC(=O)CCCP(Br)(c1ccccc1)(c1ccccc1)c1ccccc1.CC(C)(C)OC(=O)CCCP(Br)(c1ccccc1)(c1ccccc1)c1ccccc1. The van der Waals surface area contributed by atoms with E-state index in [1.165, 1.54) is 31.8 Å². The van der Waals surface area contributed by atoms with Crippen molar-refractivity contribution < 1.29 is 19.1 Å². The molecule has 0 aliphatic carbocycles. The summed E-state index contributed by atoms with van der Waals surface area (Å²) in [5, 5.41) is 1.69. The van der Waals surface area contributed by atoms with Crippen molar-refractivity contribution in [2.75, 3.05) is 12.3 Å². The van der Waals surface area contributed by atoms with E-state index in [4.69, 9.17) is 9.47 Å². The van der Waals surface area contributed by atoms with Gasteiger partial charge in [-0.25, -0.2) is 0 Å². The Morgan fingerprint density at radius 1 is 0.383 bits per heavy atom. The zero-order valence-electron chi connectivity index (χ0n) is 35.8. The number of benzene rings is 6. The summed E-state index contributed by atoms with van der Waals surface area (Å²) in [6, 6.07) is 63.9. The second-order valence-corrected chi connectivity index (χ2v) is 35.3. The molecule has 6 aromatic rings. The fraction of sp³-hybridized carbons (Fsp3) is 0.269. The molecule has 6 rings (SSSR count). The Morgan fingerprint density at radius 2 is 0.567 bits per heavy atom. The molecule has 0 heterocycles. The molecule has 6 aromatic carbocycles. The first-order valence-electron chi connectivity index (χ1n) is 20.7. The van der Waals surface area contributed by atoms with Crippen LogP contribution in [0.4, 0.5) is 0 Å². The van der Waals surface area contributed by atoms with E-state index in [0.717, 1.165) is 25.2 Å². The van der Waals surface area contributed by atoms with Gasteiger partial charge in [-0.1, -0.05) is 0 Å². The van der Waals surface area contributed by atoms with Gasteiger partial charge in [0.05, 0.1) is 0 Å². The van der Waals surface area contributed by atoms with E-state index < -0.39 is 21.8 Å². The van der Waals surface area contributed by atoms with Gasteiger partial charge in [-0.3, -0.25) is 0 Å². The van der Waals surface area contributed by atoms with Crippen molar-refractivity contribution >= 4 is 85.4 Å². The van der Waals surface area contributed by atoms with Gasteiger partial charge in [0.25, 0.3) is 0 Å². The molecule has 60 heavy (non-hydrogen) atoms.